The van der Waals surface area contributed by atoms with E-state index in [1.54, 1.807) is 0 Å². The first kappa shape index (κ1) is 17.0. The Bertz CT molecular complexity index is 517. The minimum absolute atomic E-state index is 0. The van der Waals surface area contributed by atoms with Crippen LogP contribution in [0.2, 0.25) is 0 Å². The van der Waals surface area contributed by atoms with Crippen molar-refractivity contribution in [1.29, 1.82) is 0 Å². The number of likely N-dealkylation sites (tertiary alicyclic amines) is 1. The summed E-state index contributed by atoms with van der Waals surface area (Å²) in [5.41, 5.74) is 0. The van der Waals surface area contributed by atoms with Crippen molar-refractivity contribution in [3.63, 3.8) is 0 Å². The maximum atomic E-state index is 6.06. The van der Waals surface area contributed by atoms with Gasteiger partial charge >= 0.3 is 0 Å². The minimum Gasteiger partial charge on any atom is -0.374 e. The molecule has 4 unspecified atom stereocenters. The number of fused-ring (bicyclic) bond motifs is 5. The highest BCUT2D eigenvalue weighted by molar-refractivity contribution is 14.0. The predicted octanol–water partition coefficient (Wildman–Crippen LogP) is 1.58. The maximum absolute atomic E-state index is 6.06. The molecule has 2 bridgehead atoms. The maximum Gasteiger partial charge on any atom is 0.193 e. The van der Waals surface area contributed by atoms with Crippen LogP contribution in [0.1, 0.15) is 19.8 Å². The van der Waals surface area contributed by atoms with Crippen molar-refractivity contribution < 1.29 is 4.74 Å². The van der Waals surface area contributed by atoms with Crippen LogP contribution in [-0.2, 0) is 11.3 Å². The first-order valence-electron chi connectivity index (χ1n) is 8.49. The summed E-state index contributed by atoms with van der Waals surface area (Å²) in [5, 5.41) is 3.45. The van der Waals surface area contributed by atoms with E-state index in [0.29, 0.717) is 12.2 Å². The van der Waals surface area contributed by atoms with Gasteiger partial charge < -0.3 is 19.5 Å². The van der Waals surface area contributed by atoms with E-state index in [1.807, 2.05) is 18.7 Å². The normalized spacial score (nSPS) is 32.0. The summed E-state index contributed by atoms with van der Waals surface area (Å²) < 4.78 is 8.13. The van der Waals surface area contributed by atoms with Gasteiger partial charge in [0.2, 0.25) is 0 Å². The van der Waals surface area contributed by atoms with Gasteiger partial charge in [-0.3, -0.25) is 4.99 Å². The molecule has 7 heteroatoms. The highest BCUT2D eigenvalue weighted by Crippen LogP contribution is 2.47. The van der Waals surface area contributed by atoms with E-state index in [4.69, 9.17) is 9.73 Å². The predicted molar refractivity (Wildman–Crippen MR) is 100 cm³/mol. The third kappa shape index (κ3) is 3.35. The Labute approximate surface area is 154 Å². The zero-order valence-electron chi connectivity index (χ0n) is 13.6. The van der Waals surface area contributed by atoms with Crippen LogP contribution in [0.5, 0.6) is 0 Å². The lowest BCUT2D eigenvalue weighted by Gasteiger charge is -2.23. The number of nitrogens with zero attached hydrogens (tertiary/aromatic N) is 4. The van der Waals surface area contributed by atoms with Gasteiger partial charge in [0.25, 0.3) is 0 Å². The van der Waals surface area contributed by atoms with Gasteiger partial charge in [0.15, 0.2) is 5.96 Å². The number of aliphatic imine (C=N–C) groups is 1. The lowest BCUT2D eigenvalue weighted by molar-refractivity contribution is 0.0767. The van der Waals surface area contributed by atoms with Crippen molar-refractivity contribution in [3.05, 3.63) is 18.7 Å². The van der Waals surface area contributed by atoms with Crippen LogP contribution in [0.3, 0.4) is 0 Å². The SMILES string of the molecule is CCNC(=NCCn1ccnc1)N1CC2C3CCC(O3)C2C1.I. The molecule has 3 aliphatic heterocycles. The highest BCUT2D eigenvalue weighted by atomic mass is 127. The van der Waals surface area contributed by atoms with Gasteiger partial charge in [0.05, 0.1) is 25.1 Å². The van der Waals surface area contributed by atoms with Gasteiger partial charge in [-0.15, -0.1) is 24.0 Å². The van der Waals surface area contributed by atoms with E-state index in [1.165, 1.54) is 12.8 Å². The van der Waals surface area contributed by atoms with Crippen LogP contribution in [-0.4, -0.2) is 58.8 Å². The minimum atomic E-state index is 0. The second kappa shape index (κ2) is 7.38. The fraction of sp³-hybridized carbons (Fsp3) is 0.750. The second-order valence-electron chi connectivity index (χ2n) is 6.56. The van der Waals surface area contributed by atoms with Crippen LogP contribution < -0.4 is 5.32 Å². The van der Waals surface area contributed by atoms with Crippen molar-refractivity contribution in [2.45, 2.75) is 38.5 Å². The summed E-state index contributed by atoms with van der Waals surface area (Å²) in [6.07, 6.45) is 9.17. The Morgan fingerprint density at radius 1 is 1.30 bits per heavy atom. The molecule has 0 saturated carbocycles. The Kier molecular flexibility index (Phi) is 5.45. The molecule has 3 saturated heterocycles. The number of halogens is 1. The molecule has 1 aromatic rings. The molecule has 3 fully saturated rings. The van der Waals surface area contributed by atoms with Crippen molar-refractivity contribution >= 4 is 29.9 Å². The van der Waals surface area contributed by atoms with Crippen LogP contribution in [0, 0.1) is 11.8 Å². The molecule has 4 heterocycles. The molecule has 128 valence electrons. The first-order valence-corrected chi connectivity index (χ1v) is 8.49. The molecule has 6 nitrogen and oxygen atoms in total. The van der Waals surface area contributed by atoms with Gasteiger partial charge in [-0.25, -0.2) is 4.98 Å². The molecule has 0 radical (unpaired) electrons. The Morgan fingerprint density at radius 3 is 2.65 bits per heavy atom. The smallest absolute Gasteiger partial charge is 0.193 e. The summed E-state index contributed by atoms with van der Waals surface area (Å²) in [6.45, 7) is 6.91. The summed E-state index contributed by atoms with van der Waals surface area (Å²) in [4.78, 5) is 11.3. The quantitative estimate of drug-likeness (QED) is 0.447. The van der Waals surface area contributed by atoms with E-state index < -0.39 is 0 Å². The second-order valence-corrected chi connectivity index (χ2v) is 6.56. The van der Waals surface area contributed by atoms with Crippen LogP contribution in [0.25, 0.3) is 0 Å². The zero-order chi connectivity index (χ0) is 14.9. The van der Waals surface area contributed by atoms with Gasteiger partial charge in [-0.05, 0) is 19.8 Å². The summed E-state index contributed by atoms with van der Waals surface area (Å²) in [7, 11) is 0. The van der Waals surface area contributed by atoms with Gasteiger partial charge in [0.1, 0.15) is 0 Å². The third-order valence-corrected chi connectivity index (χ3v) is 5.27. The molecule has 1 aromatic heterocycles. The van der Waals surface area contributed by atoms with Gasteiger partial charge in [-0.1, -0.05) is 0 Å². The van der Waals surface area contributed by atoms with Crippen molar-refractivity contribution in [1.82, 2.24) is 19.8 Å². The lowest BCUT2D eigenvalue weighted by Crippen LogP contribution is -2.41. The first-order chi connectivity index (χ1) is 10.8. The molecule has 0 amide bonds. The molecule has 0 aromatic carbocycles. The number of imidazole rings is 1. The molecule has 4 rings (SSSR count). The molecule has 1 N–H and O–H groups in total. The Balaban J connectivity index is 0.00000156. The summed E-state index contributed by atoms with van der Waals surface area (Å²) in [6, 6.07) is 0. The zero-order valence-corrected chi connectivity index (χ0v) is 15.9. The molecule has 4 atom stereocenters. The monoisotopic (exact) mass is 431 g/mol. The van der Waals surface area contributed by atoms with E-state index >= 15 is 0 Å². The topological polar surface area (TPSA) is 54.7 Å². The van der Waals surface area contributed by atoms with Crippen molar-refractivity contribution in [2.75, 3.05) is 26.2 Å². The van der Waals surface area contributed by atoms with Crippen molar-refractivity contribution in [3.8, 4) is 0 Å². The van der Waals surface area contributed by atoms with Crippen LogP contribution in [0.4, 0.5) is 0 Å². The third-order valence-electron chi connectivity index (χ3n) is 5.27. The van der Waals surface area contributed by atoms with E-state index in [0.717, 1.165) is 50.5 Å². The molecule has 23 heavy (non-hydrogen) atoms. The molecular formula is C16H26IN5O. The average molecular weight is 431 g/mol. The lowest BCUT2D eigenvalue weighted by atomic mass is 9.82. The highest BCUT2D eigenvalue weighted by Gasteiger charge is 2.53. The molecule has 0 aliphatic carbocycles. The number of aromatic nitrogens is 2. The molecular weight excluding hydrogens is 405 g/mol. The van der Waals surface area contributed by atoms with Crippen LogP contribution in [0.15, 0.2) is 23.7 Å². The van der Waals surface area contributed by atoms with E-state index in [-0.39, 0.29) is 24.0 Å². The van der Waals surface area contributed by atoms with E-state index in [2.05, 4.69) is 26.7 Å². The van der Waals surface area contributed by atoms with E-state index in [9.17, 15) is 0 Å². The summed E-state index contributed by atoms with van der Waals surface area (Å²) in [5.74, 6) is 2.50. The fourth-order valence-corrected chi connectivity index (χ4v) is 4.25. The number of hydrogen-bond acceptors (Lipinski definition) is 3. The number of ether oxygens (including phenoxy) is 1. The van der Waals surface area contributed by atoms with Gasteiger partial charge in [-0.2, -0.15) is 0 Å². The molecule has 3 aliphatic rings. The molecule has 0 spiro atoms. The number of nitrogens with one attached hydrogen (secondary N) is 1. The standard InChI is InChI=1S/C16H25N5O.HI/c1-2-18-16(19-6-8-20-7-5-17-11-20)21-9-12-13(10-21)15-4-3-14(12)22-15;/h5,7,11-15H,2-4,6,8-10H2,1H3,(H,18,19);1H. The van der Waals surface area contributed by atoms with Crippen molar-refractivity contribution in [2.24, 2.45) is 16.8 Å². The average Bonchev–Trinajstić information content (AvgIpc) is 3.27. The van der Waals surface area contributed by atoms with Crippen LogP contribution >= 0.6 is 24.0 Å². The Morgan fingerprint density at radius 2 is 2.04 bits per heavy atom. The number of hydrogen-bond donors (Lipinski definition) is 1. The summed E-state index contributed by atoms with van der Waals surface area (Å²) >= 11 is 0. The number of guanidine groups is 1. The van der Waals surface area contributed by atoms with Gasteiger partial charge in [0, 0.05) is 50.4 Å². The number of rotatable bonds is 4. The Hall–Kier alpha value is -0.830. The fourth-order valence-electron chi connectivity index (χ4n) is 4.25. The largest absolute Gasteiger partial charge is 0.374 e.